The molecule has 4 aliphatic carbocycles. The van der Waals surface area contributed by atoms with Gasteiger partial charge in [0.2, 0.25) is 0 Å². The van der Waals surface area contributed by atoms with Crippen molar-refractivity contribution >= 4 is 0 Å². The van der Waals surface area contributed by atoms with Gasteiger partial charge in [-0.15, -0.1) is 0 Å². The molecule has 0 amide bonds. The minimum atomic E-state index is -0.699. The average Bonchev–Trinajstić information content (AvgIpc) is 2.98. The van der Waals surface area contributed by atoms with Gasteiger partial charge in [0.1, 0.15) is 0 Å². The first kappa shape index (κ1) is 21.6. The highest BCUT2D eigenvalue weighted by atomic mass is 16.3. The van der Waals surface area contributed by atoms with Crippen molar-refractivity contribution in [3.8, 4) is 0 Å². The van der Waals surface area contributed by atoms with Gasteiger partial charge in [-0.2, -0.15) is 0 Å². The van der Waals surface area contributed by atoms with Crippen LogP contribution in [0, 0.1) is 40.4 Å². The summed E-state index contributed by atoms with van der Waals surface area (Å²) >= 11 is 0. The van der Waals surface area contributed by atoms with Crippen LogP contribution in [0.2, 0.25) is 0 Å². The number of aliphatic hydroxyl groups excluding tert-OH is 1. The number of fused-ring (bicyclic) bond motifs is 5. The number of hydrogen-bond donors (Lipinski definition) is 2. The molecule has 0 spiro atoms. The van der Waals surface area contributed by atoms with Crippen LogP contribution in [0.1, 0.15) is 92.4 Å². The molecule has 4 rings (SSSR count). The van der Waals surface area contributed by atoms with Crippen molar-refractivity contribution in [1.29, 1.82) is 0 Å². The summed E-state index contributed by atoms with van der Waals surface area (Å²) in [5.41, 5.74) is 1.72. The molecule has 0 aromatic rings. The van der Waals surface area contributed by atoms with Gasteiger partial charge in [-0.25, -0.2) is 0 Å². The van der Waals surface area contributed by atoms with Gasteiger partial charge in [0.05, 0.1) is 11.7 Å². The monoisotopic (exact) mass is 400 g/mol. The van der Waals surface area contributed by atoms with Crippen LogP contribution in [0.4, 0.5) is 0 Å². The SMILES string of the molecule is CC(C/C=C/C(C)(C)O)[C@H]1CC[C@H]2[C@@H]3CC=C4C[C@@H](O)CC[C@]4(C)[C@H]3CC[C@]12C. The third-order valence-corrected chi connectivity index (χ3v) is 9.87. The molecule has 0 saturated heterocycles. The first-order chi connectivity index (χ1) is 13.5. The molecule has 164 valence electrons. The van der Waals surface area contributed by atoms with Crippen molar-refractivity contribution in [3.63, 3.8) is 0 Å². The Morgan fingerprint density at radius 1 is 1.14 bits per heavy atom. The van der Waals surface area contributed by atoms with E-state index in [-0.39, 0.29) is 6.10 Å². The number of rotatable bonds is 4. The van der Waals surface area contributed by atoms with Crippen molar-refractivity contribution in [3.05, 3.63) is 23.8 Å². The fourth-order valence-corrected chi connectivity index (χ4v) is 8.35. The van der Waals surface area contributed by atoms with Crippen molar-refractivity contribution in [2.24, 2.45) is 40.4 Å². The van der Waals surface area contributed by atoms with Crippen LogP contribution in [0.5, 0.6) is 0 Å². The molecule has 29 heavy (non-hydrogen) atoms. The Labute approximate surface area is 178 Å². The molecule has 2 heteroatoms. The molecular formula is C27H44O2. The fourth-order valence-electron chi connectivity index (χ4n) is 8.35. The lowest BCUT2D eigenvalue weighted by Gasteiger charge is -2.58. The second-order valence-electron chi connectivity index (χ2n) is 12.2. The zero-order chi connectivity index (χ0) is 21.0. The topological polar surface area (TPSA) is 40.5 Å². The molecule has 0 radical (unpaired) electrons. The predicted octanol–water partition coefficient (Wildman–Crippen LogP) is 6.28. The highest BCUT2D eigenvalue weighted by Crippen LogP contribution is 2.67. The number of allylic oxidation sites excluding steroid dienone is 2. The van der Waals surface area contributed by atoms with E-state index in [1.165, 1.54) is 38.5 Å². The van der Waals surface area contributed by atoms with Crippen LogP contribution in [0.15, 0.2) is 23.8 Å². The zero-order valence-corrected chi connectivity index (χ0v) is 19.5. The van der Waals surface area contributed by atoms with Crippen molar-refractivity contribution in [1.82, 2.24) is 0 Å². The lowest BCUT2D eigenvalue weighted by Crippen LogP contribution is -2.50. The van der Waals surface area contributed by atoms with Crippen molar-refractivity contribution in [2.45, 2.75) is 104 Å². The molecule has 4 aliphatic rings. The van der Waals surface area contributed by atoms with E-state index in [2.05, 4.69) is 32.9 Å². The quantitative estimate of drug-likeness (QED) is 0.545. The zero-order valence-electron chi connectivity index (χ0n) is 19.5. The molecule has 0 aliphatic heterocycles. The van der Waals surface area contributed by atoms with Crippen LogP contribution < -0.4 is 0 Å². The Morgan fingerprint density at radius 2 is 1.90 bits per heavy atom. The van der Waals surface area contributed by atoms with Crippen molar-refractivity contribution < 1.29 is 10.2 Å². The molecule has 0 aromatic heterocycles. The van der Waals surface area contributed by atoms with E-state index < -0.39 is 5.60 Å². The van der Waals surface area contributed by atoms with E-state index >= 15 is 0 Å². The van der Waals surface area contributed by atoms with E-state index in [9.17, 15) is 10.2 Å². The maximum absolute atomic E-state index is 10.2. The summed E-state index contributed by atoms with van der Waals surface area (Å²) in [6.07, 6.45) is 17.6. The smallest absolute Gasteiger partial charge is 0.0771 e. The maximum Gasteiger partial charge on any atom is 0.0771 e. The summed E-state index contributed by atoms with van der Waals surface area (Å²) in [5.74, 6) is 4.05. The Balaban J connectivity index is 1.51. The van der Waals surface area contributed by atoms with Crippen molar-refractivity contribution in [2.75, 3.05) is 0 Å². The molecule has 3 fully saturated rings. The van der Waals surface area contributed by atoms with Gasteiger partial charge in [0, 0.05) is 0 Å². The largest absolute Gasteiger partial charge is 0.393 e. The molecule has 8 atom stereocenters. The molecule has 0 aromatic carbocycles. The van der Waals surface area contributed by atoms with Gasteiger partial charge in [-0.05, 0) is 112 Å². The summed E-state index contributed by atoms with van der Waals surface area (Å²) in [6.45, 7) is 11.3. The van der Waals surface area contributed by atoms with Crippen LogP contribution in [-0.4, -0.2) is 21.9 Å². The van der Waals surface area contributed by atoms with Gasteiger partial charge < -0.3 is 10.2 Å². The normalized spacial score (nSPS) is 46.0. The highest BCUT2D eigenvalue weighted by molar-refractivity contribution is 5.25. The third kappa shape index (κ3) is 3.78. The summed E-state index contributed by atoms with van der Waals surface area (Å²) in [5, 5.41) is 20.2. The third-order valence-electron chi connectivity index (χ3n) is 9.87. The second kappa shape index (κ2) is 7.52. The lowest BCUT2D eigenvalue weighted by molar-refractivity contribution is -0.0565. The minimum Gasteiger partial charge on any atom is -0.393 e. The molecular weight excluding hydrogens is 356 g/mol. The predicted molar refractivity (Wildman–Crippen MR) is 120 cm³/mol. The summed E-state index contributed by atoms with van der Waals surface area (Å²) in [6, 6.07) is 0. The molecule has 1 unspecified atom stereocenters. The van der Waals surface area contributed by atoms with Crippen LogP contribution in [0.3, 0.4) is 0 Å². The van der Waals surface area contributed by atoms with E-state index in [1.54, 1.807) is 5.57 Å². The minimum absolute atomic E-state index is 0.103. The Morgan fingerprint density at radius 3 is 2.62 bits per heavy atom. The first-order valence-electron chi connectivity index (χ1n) is 12.3. The molecule has 2 N–H and O–H groups in total. The van der Waals surface area contributed by atoms with Gasteiger partial charge in [-0.3, -0.25) is 0 Å². The van der Waals surface area contributed by atoms with Crippen LogP contribution >= 0.6 is 0 Å². The summed E-state index contributed by atoms with van der Waals surface area (Å²) < 4.78 is 0. The lowest BCUT2D eigenvalue weighted by atomic mass is 9.47. The number of hydrogen-bond acceptors (Lipinski definition) is 2. The fraction of sp³-hybridized carbons (Fsp3) is 0.852. The molecule has 2 nitrogen and oxygen atoms in total. The Hall–Kier alpha value is -0.600. The van der Waals surface area contributed by atoms with Crippen LogP contribution in [-0.2, 0) is 0 Å². The number of aliphatic hydroxyl groups is 2. The van der Waals surface area contributed by atoms with Gasteiger partial charge >= 0.3 is 0 Å². The van der Waals surface area contributed by atoms with Gasteiger partial charge in [-0.1, -0.05) is 44.6 Å². The highest BCUT2D eigenvalue weighted by Gasteiger charge is 2.59. The van der Waals surface area contributed by atoms with E-state index in [0.29, 0.717) is 16.7 Å². The Kier molecular flexibility index (Phi) is 5.61. The second-order valence-corrected chi connectivity index (χ2v) is 12.2. The maximum atomic E-state index is 10.2. The Bertz CT molecular complexity index is 671. The van der Waals surface area contributed by atoms with Gasteiger partial charge in [0.25, 0.3) is 0 Å². The summed E-state index contributed by atoms with van der Waals surface area (Å²) in [4.78, 5) is 0. The molecule has 3 saturated carbocycles. The van der Waals surface area contributed by atoms with Crippen LogP contribution in [0.25, 0.3) is 0 Å². The van der Waals surface area contributed by atoms with E-state index in [1.807, 2.05) is 19.9 Å². The van der Waals surface area contributed by atoms with E-state index in [4.69, 9.17) is 0 Å². The van der Waals surface area contributed by atoms with Gasteiger partial charge in [0.15, 0.2) is 0 Å². The molecule has 0 bridgehead atoms. The average molecular weight is 401 g/mol. The first-order valence-corrected chi connectivity index (χ1v) is 12.3. The standard InChI is InChI=1S/C27H44O2/c1-18(7-6-14-25(2,3)29)22-10-11-23-21-9-8-19-17-20(28)12-15-26(19,4)24(21)13-16-27(22,23)5/h6,8,14,18,20-24,28-29H,7,9-13,15-17H2,1-5H3/b14-6+/t18?,20-,21-,22+,23-,24-,26-,27+/m0/s1. The summed E-state index contributed by atoms with van der Waals surface area (Å²) in [7, 11) is 0. The van der Waals surface area contributed by atoms with E-state index in [0.717, 1.165) is 42.9 Å². The molecule has 0 heterocycles.